The van der Waals surface area contributed by atoms with Gasteiger partial charge in [-0.3, -0.25) is 9.59 Å². The van der Waals surface area contributed by atoms with Crippen molar-refractivity contribution in [2.45, 2.75) is 26.9 Å². The van der Waals surface area contributed by atoms with Crippen LogP contribution in [0.25, 0.3) is 0 Å². The number of nitrogens with two attached hydrogens (primary N) is 1. The second-order valence-electron chi connectivity index (χ2n) is 6.08. The lowest BCUT2D eigenvalue weighted by atomic mass is 10.1. The molecule has 3 N–H and O–H groups in total. The summed E-state index contributed by atoms with van der Waals surface area (Å²) in [6, 6.07) is 11.7. The van der Waals surface area contributed by atoms with Gasteiger partial charge in [0.2, 0.25) is 0 Å². The summed E-state index contributed by atoms with van der Waals surface area (Å²) < 4.78 is 10.3. The highest BCUT2D eigenvalue weighted by Crippen LogP contribution is 2.20. The van der Waals surface area contributed by atoms with Crippen molar-refractivity contribution in [1.82, 2.24) is 0 Å². The van der Waals surface area contributed by atoms with Crippen molar-refractivity contribution in [3.63, 3.8) is 0 Å². The van der Waals surface area contributed by atoms with Gasteiger partial charge < -0.3 is 20.5 Å². The average Bonchev–Trinajstić information content (AvgIpc) is 2.63. The first-order valence-electron chi connectivity index (χ1n) is 8.37. The lowest BCUT2D eigenvalue weighted by Crippen LogP contribution is -2.30. The minimum atomic E-state index is -0.970. The first-order chi connectivity index (χ1) is 12.8. The summed E-state index contributed by atoms with van der Waals surface area (Å²) in [6.07, 6.45) is -0.970. The maximum Gasteiger partial charge on any atom is 0.338 e. The number of ether oxygens (including phenoxy) is 2. The summed E-state index contributed by atoms with van der Waals surface area (Å²) in [5.74, 6) is -1.25. The highest BCUT2D eigenvalue weighted by atomic mass is 16.5. The maximum absolute atomic E-state index is 12.3. The number of anilines is 1. The molecule has 0 unspecified atom stereocenters. The molecule has 2 aromatic carbocycles. The van der Waals surface area contributed by atoms with Crippen molar-refractivity contribution in [3.8, 4) is 5.75 Å². The van der Waals surface area contributed by atoms with Crippen LogP contribution in [-0.2, 0) is 14.3 Å². The molecule has 2 amide bonds. The van der Waals surface area contributed by atoms with E-state index in [4.69, 9.17) is 15.2 Å². The van der Waals surface area contributed by atoms with Gasteiger partial charge in [-0.05, 0) is 56.2 Å². The summed E-state index contributed by atoms with van der Waals surface area (Å²) in [7, 11) is 0. The lowest BCUT2D eigenvalue weighted by molar-refractivity contribution is -0.123. The first kappa shape index (κ1) is 20.0. The van der Waals surface area contributed by atoms with Gasteiger partial charge in [-0.1, -0.05) is 18.2 Å². The molecule has 0 fully saturated rings. The van der Waals surface area contributed by atoms with Crippen LogP contribution in [0.3, 0.4) is 0 Å². The SMILES string of the molecule is Cc1cccc(C)c1NC(=O)[C@H](C)OC(=O)c1ccc(OCC(N)=O)cc1. The zero-order valence-corrected chi connectivity index (χ0v) is 15.4. The van der Waals surface area contributed by atoms with Gasteiger partial charge >= 0.3 is 5.97 Å². The Morgan fingerprint density at radius 1 is 1.04 bits per heavy atom. The third-order valence-corrected chi connectivity index (χ3v) is 3.85. The molecule has 0 radical (unpaired) electrons. The molecular formula is C20H22N2O5. The molecule has 0 saturated heterocycles. The third kappa shape index (κ3) is 5.57. The predicted molar refractivity (Wildman–Crippen MR) is 101 cm³/mol. The summed E-state index contributed by atoms with van der Waals surface area (Å²) >= 11 is 0. The summed E-state index contributed by atoms with van der Waals surface area (Å²) in [5, 5.41) is 2.79. The number of carbonyl (C=O) groups excluding carboxylic acids is 3. The molecule has 0 aliphatic carbocycles. The van der Waals surface area contributed by atoms with E-state index in [9.17, 15) is 14.4 Å². The van der Waals surface area contributed by atoms with Gasteiger partial charge in [0.05, 0.1) is 5.56 Å². The van der Waals surface area contributed by atoms with Gasteiger partial charge in [0.15, 0.2) is 12.7 Å². The first-order valence-corrected chi connectivity index (χ1v) is 8.37. The molecule has 7 nitrogen and oxygen atoms in total. The molecule has 0 bridgehead atoms. The Bertz CT molecular complexity index is 826. The highest BCUT2D eigenvalue weighted by molar-refractivity contribution is 5.98. The lowest BCUT2D eigenvalue weighted by Gasteiger charge is -2.16. The van der Waals surface area contributed by atoms with Gasteiger partial charge in [0.25, 0.3) is 11.8 Å². The van der Waals surface area contributed by atoms with Crippen LogP contribution in [0.4, 0.5) is 5.69 Å². The number of para-hydroxylation sites is 1. The number of esters is 1. The third-order valence-electron chi connectivity index (χ3n) is 3.85. The van der Waals surface area contributed by atoms with Crippen LogP contribution in [0.5, 0.6) is 5.75 Å². The number of aryl methyl sites for hydroxylation is 2. The van der Waals surface area contributed by atoms with Crippen LogP contribution in [0, 0.1) is 13.8 Å². The number of carbonyl (C=O) groups is 3. The molecule has 27 heavy (non-hydrogen) atoms. The van der Waals surface area contributed by atoms with E-state index in [0.717, 1.165) is 11.1 Å². The Balaban J connectivity index is 1.96. The normalized spacial score (nSPS) is 11.4. The molecule has 0 aromatic heterocycles. The van der Waals surface area contributed by atoms with E-state index >= 15 is 0 Å². The Hall–Kier alpha value is -3.35. The number of amides is 2. The van der Waals surface area contributed by atoms with E-state index in [1.54, 1.807) is 0 Å². The Labute approximate surface area is 157 Å². The quantitative estimate of drug-likeness (QED) is 0.728. The summed E-state index contributed by atoms with van der Waals surface area (Å²) in [4.78, 5) is 35.2. The average molecular weight is 370 g/mol. The fourth-order valence-corrected chi connectivity index (χ4v) is 2.36. The fourth-order valence-electron chi connectivity index (χ4n) is 2.36. The van der Waals surface area contributed by atoms with Crippen LogP contribution in [0.15, 0.2) is 42.5 Å². The van der Waals surface area contributed by atoms with E-state index in [1.165, 1.54) is 31.2 Å². The van der Waals surface area contributed by atoms with E-state index in [-0.39, 0.29) is 12.2 Å². The number of benzene rings is 2. The zero-order chi connectivity index (χ0) is 20.0. The van der Waals surface area contributed by atoms with Crippen LogP contribution in [0.1, 0.15) is 28.4 Å². The number of hydrogen-bond acceptors (Lipinski definition) is 5. The molecular weight excluding hydrogens is 348 g/mol. The number of nitrogens with one attached hydrogen (secondary N) is 1. The molecule has 2 aromatic rings. The molecule has 0 saturated carbocycles. The monoisotopic (exact) mass is 370 g/mol. The predicted octanol–water partition coefficient (Wildman–Crippen LogP) is 2.35. The molecule has 0 aliphatic heterocycles. The topological polar surface area (TPSA) is 108 Å². The van der Waals surface area contributed by atoms with E-state index in [0.29, 0.717) is 11.4 Å². The minimum absolute atomic E-state index is 0.251. The zero-order valence-electron chi connectivity index (χ0n) is 15.4. The Kier molecular flexibility index (Phi) is 6.54. The van der Waals surface area contributed by atoms with Crippen molar-refractivity contribution in [2.24, 2.45) is 5.73 Å². The van der Waals surface area contributed by atoms with Crippen molar-refractivity contribution in [3.05, 3.63) is 59.2 Å². The van der Waals surface area contributed by atoms with Crippen LogP contribution in [-0.4, -0.2) is 30.5 Å². The highest BCUT2D eigenvalue weighted by Gasteiger charge is 2.20. The van der Waals surface area contributed by atoms with Gasteiger partial charge in [-0.25, -0.2) is 4.79 Å². The largest absolute Gasteiger partial charge is 0.484 e. The van der Waals surface area contributed by atoms with Gasteiger partial charge in [0.1, 0.15) is 5.75 Å². The van der Waals surface area contributed by atoms with Crippen LogP contribution in [0.2, 0.25) is 0 Å². The molecule has 0 aliphatic rings. The number of primary amides is 1. The van der Waals surface area contributed by atoms with E-state index in [2.05, 4.69) is 5.32 Å². The van der Waals surface area contributed by atoms with Crippen molar-refractivity contribution in [2.75, 3.05) is 11.9 Å². The second-order valence-corrected chi connectivity index (χ2v) is 6.08. The minimum Gasteiger partial charge on any atom is -0.484 e. The van der Waals surface area contributed by atoms with Gasteiger partial charge in [-0.2, -0.15) is 0 Å². The summed E-state index contributed by atoms with van der Waals surface area (Å²) in [5.41, 5.74) is 7.82. The second kappa shape index (κ2) is 8.84. The Morgan fingerprint density at radius 2 is 1.63 bits per heavy atom. The fraction of sp³-hybridized carbons (Fsp3) is 0.250. The van der Waals surface area contributed by atoms with Crippen LogP contribution < -0.4 is 15.8 Å². The molecule has 2 rings (SSSR count). The molecule has 7 heteroatoms. The molecule has 0 heterocycles. The van der Waals surface area contributed by atoms with E-state index < -0.39 is 23.9 Å². The number of rotatable bonds is 7. The van der Waals surface area contributed by atoms with Crippen molar-refractivity contribution < 1.29 is 23.9 Å². The van der Waals surface area contributed by atoms with Crippen LogP contribution >= 0.6 is 0 Å². The van der Waals surface area contributed by atoms with Gasteiger partial charge in [-0.15, -0.1) is 0 Å². The standard InChI is InChI=1S/C20H22N2O5/c1-12-5-4-6-13(2)18(12)22-19(24)14(3)27-20(25)15-7-9-16(10-8-15)26-11-17(21)23/h4-10,14H,11H2,1-3H3,(H2,21,23)(H,22,24)/t14-/m0/s1. The van der Waals surface area contributed by atoms with Crippen molar-refractivity contribution in [1.29, 1.82) is 0 Å². The maximum atomic E-state index is 12.3. The summed E-state index contributed by atoms with van der Waals surface area (Å²) in [6.45, 7) is 5.03. The molecule has 0 spiro atoms. The Morgan fingerprint density at radius 3 is 2.19 bits per heavy atom. The number of hydrogen-bond donors (Lipinski definition) is 2. The van der Waals surface area contributed by atoms with Gasteiger partial charge in [0, 0.05) is 5.69 Å². The smallest absolute Gasteiger partial charge is 0.338 e. The molecule has 142 valence electrons. The van der Waals surface area contributed by atoms with Crippen molar-refractivity contribution >= 4 is 23.5 Å². The molecule has 1 atom stereocenters. The van der Waals surface area contributed by atoms with E-state index in [1.807, 2.05) is 32.0 Å².